The Morgan fingerprint density at radius 1 is 0.750 bits per heavy atom. The van der Waals surface area contributed by atoms with E-state index in [1.807, 2.05) is 107 Å². The number of aliphatic hydroxyl groups is 2. The lowest BCUT2D eigenvalue weighted by atomic mass is 9.78. The minimum absolute atomic E-state index is 0.0694. The second-order valence-corrected chi connectivity index (χ2v) is 11.6. The van der Waals surface area contributed by atoms with Gasteiger partial charge in [0.15, 0.2) is 0 Å². The molecule has 0 aliphatic carbocycles. The van der Waals surface area contributed by atoms with Gasteiger partial charge in [-0.3, -0.25) is 4.79 Å². The zero-order valence-electron chi connectivity index (χ0n) is 24.2. The minimum atomic E-state index is -0.838. The van der Waals surface area contributed by atoms with E-state index in [9.17, 15) is 19.8 Å². The molecule has 0 aliphatic rings. The van der Waals surface area contributed by atoms with Gasteiger partial charge in [-0.2, -0.15) is 0 Å². The van der Waals surface area contributed by atoms with E-state index >= 15 is 0 Å². The molecule has 0 radical (unpaired) electrons. The summed E-state index contributed by atoms with van der Waals surface area (Å²) >= 11 is 0. The summed E-state index contributed by atoms with van der Waals surface area (Å²) in [6, 6.07) is 7.66. The quantitative estimate of drug-likeness (QED) is 0.209. The Bertz CT molecular complexity index is 1030. The third-order valence-electron chi connectivity index (χ3n) is 6.50. The van der Waals surface area contributed by atoms with E-state index in [0.717, 1.165) is 33.4 Å². The van der Waals surface area contributed by atoms with Crippen molar-refractivity contribution in [2.45, 2.75) is 95.3 Å². The first-order valence-electron chi connectivity index (χ1n) is 12.7. The monoisotopic (exact) mass is 498 g/mol. The summed E-state index contributed by atoms with van der Waals surface area (Å²) in [5.41, 5.74) is 5.72. The molecule has 200 valence electrons. The molecular formula is C31H46O5. The number of hydrogen-bond acceptors (Lipinski definition) is 5. The second-order valence-electron chi connectivity index (χ2n) is 11.6. The van der Waals surface area contributed by atoms with Crippen molar-refractivity contribution in [3.05, 3.63) is 63.2 Å². The molecule has 2 N–H and O–H groups in total. The summed E-state index contributed by atoms with van der Waals surface area (Å²) in [5, 5.41) is 19.7. The number of Topliss-reactive ketones (excluding diaryl/α,β-unsaturated/α-hetero) is 1. The van der Waals surface area contributed by atoms with Crippen LogP contribution in [0.1, 0.15) is 85.3 Å². The van der Waals surface area contributed by atoms with Gasteiger partial charge in [0.1, 0.15) is 5.75 Å². The number of rotatable bonds is 6. The number of aliphatic hydroxyl groups excluding tert-OH is 2. The highest BCUT2D eigenvalue weighted by Gasteiger charge is 2.32. The summed E-state index contributed by atoms with van der Waals surface area (Å²) in [5.74, 6) is -0.835. The Morgan fingerprint density at radius 3 is 1.50 bits per heavy atom. The van der Waals surface area contributed by atoms with Crippen molar-refractivity contribution in [3.63, 3.8) is 0 Å². The fourth-order valence-electron chi connectivity index (χ4n) is 4.69. The molecule has 36 heavy (non-hydrogen) atoms. The van der Waals surface area contributed by atoms with Gasteiger partial charge in [-0.15, -0.1) is 0 Å². The van der Waals surface area contributed by atoms with Gasteiger partial charge in [-0.25, -0.2) is 4.79 Å². The summed E-state index contributed by atoms with van der Waals surface area (Å²) in [6.07, 6.45) is -0.876. The molecule has 2 rings (SSSR count). The average Bonchev–Trinajstić information content (AvgIpc) is 2.73. The molecule has 5 heteroatoms. The number of carbonyl (C=O) groups is 2. The molecule has 0 spiro atoms. The first kappa shape index (κ1) is 31.5. The highest BCUT2D eigenvalue weighted by molar-refractivity contribution is 6.41. The van der Waals surface area contributed by atoms with Crippen molar-refractivity contribution in [2.24, 2.45) is 17.3 Å². The van der Waals surface area contributed by atoms with Crippen molar-refractivity contribution < 1.29 is 24.5 Å². The van der Waals surface area contributed by atoms with Crippen LogP contribution in [0.25, 0.3) is 0 Å². The van der Waals surface area contributed by atoms with Gasteiger partial charge in [-0.05, 0) is 75.1 Å². The van der Waals surface area contributed by atoms with E-state index < -0.39 is 24.0 Å². The maximum Gasteiger partial charge on any atom is 0.385 e. The number of benzene rings is 2. The van der Waals surface area contributed by atoms with Gasteiger partial charge in [0.05, 0.1) is 12.2 Å². The molecule has 0 fully saturated rings. The van der Waals surface area contributed by atoms with Crippen LogP contribution in [-0.4, -0.2) is 34.2 Å². The highest BCUT2D eigenvalue weighted by atomic mass is 16.5. The van der Waals surface area contributed by atoms with Crippen molar-refractivity contribution in [2.75, 3.05) is 0 Å². The Kier molecular flexibility index (Phi) is 11.1. The standard InChI is InChI=1S/C20H22O3.C11H24O2/c1-11-7-13(3)17(14(4)8-11)18(21)20(22)23-19-15(5)9-12(2)10-16(19)6;1-7(2)9(12)8(3)10(13)11(4,5)6/h7-10H,1-6H3;7-10,12-13H,1-6H3. The fraction of sp³-hybridized carbons (Fsp3) is 0.548. The molecule has 0 bridgehead atoms. The first-order chi connectivity index (χ1) is 16.4. The lowest BCUT2D eigenvalue weighted by molar-refractivity contribution is -0.129. The third kappa shape index (κ3) is 8.28. The van der Waals surface area contributed by atoms with E-state index in [1.165, 1.54) is 0 Å². The van der Waals surface area contributed by atoms with Gasteiger partial charge in [0.25, 0.3) is 5.78 Å². The summed E-state index contributed by atoms with van der Waals surface area (Å²) in [6.45, 7) is 23.2. The van der Waals surface area contributed by atoms with E-state index in [4.69, 9.17) is 4.74 Å². The van der Waals surface area contributed by atoms with Crippen molar-refractivity contribution in [3.8, 4) is 5.75 Å². The molecule has 0 aromatic heterocycles. The lowest BCUT2D eigenvalue weighted by Crippen LogP contribution is -2.40. The van der Waals surface area contributed by atoms with Crippen LogP contribution >= 0.6 is 0 Å². The van der Waals surface area contributed by atoms with Crippen molar-refractivity contribution >= 4 is 11.8 Å². The molecule has 0 heterocycles. The van der Waals surface area contributed by atoms with Crippen molar-refractivity contribution in [1.82, 2.24) is 0 Å². The Hall–Kier alpha value is -2.50. The number of carbonyl (C=O) groups excluding carboxylic acids is 2. The van der Waals surface area contributed by atoms with Crippen LogP contribution in [0.3, 0.4) is 0 Å². The number of hydrogen-bond donors (Lipinski definition) is 2. The molecule has 3 atom stereocenters. The fourth-order valence-corrected chi connectivity index (χ4v) is 4.69. The van der Waals surface area contributed by atoms with Crippen LogP contribution in [-0.2, 0) is 4.79 Å². The average molecular weight is 499 g/mol. The summed E-state index contributed by atoms with van der Waals surface area (Å²) in [7, 11) is 0. The molecule has 5 nitrogen and oxygen atoms in total. The van der Waals surface area contributed by atoms with E-state index in [-0.39, 0.29) is 17.3 Å². The molecule has 0 amide bonds. The first-order valence-corrected chi connectivity index (χ1v) is 12.7. The van der Waals surface area contributed by atoms with Crippen LogP contribution in [0.2, 0.25) is 0 Å². The zero-order chi connectivity index (χ0) is 28.1. The van der Waals surface area contributed by atoms with Crippen LogP contribution in [0.4, 0.5) is 0 Å². The summed E-state index contributed by atoms with van der Waals surface area (Å²) in [4.78, 5) is 24.8. The number of ketones is 1. The maximum absolute atomic E-state index is 12.5. The Labute approximate surface area is 217 Å². The van der Waals surface area contributed by atoms with Crippen LogP contribution < -0.4 is 4.74 Å². The normalized spacial score (nSPS) is 14.0. The van der Waals surface area contributed by atoms with Crippen LogP contribution in [0.5, 0.6) is 5.75 Å². The van der Waals surface area contributed by atoms with E-state index in [0.29, 0.717) is 11.3 Å². The number of esters is 1. The molecule has 0 saturated heterocycles. The minimum Gasteiger partial charge on any atom is -0.420 e. The van der Waals surface area contributed by atoms with Gasteiger partial charge in [0.2, 0.25) is 0 Å². The highest BCUT2D eigenvalue weighted by Crippen LogP contribution is 2.29. The molecular weight excluding hydrogens is 452 g/mol. The molecule has 0 aliphatic heterocycles. The summed E-state index contributed by atoms with van der Waals surface area (Å²) < 4.78 is 5.40. The maximum atomic E-state index is 12.5. The Morgan fingerprint density at radius 2 is 1.14 bits per heavy atom. The van der Waals surface area contributed by atoms with E-state index in [2.05, 4.69) is 0 Å². The number of ether oxygens (including phenoxy) is 1. The van der Waals surface area contributed by atoms with Crippen molar-refractivity contribution in [1.29, 1.82) is 0 Å². The Balaban J connectivity index is 0.000000426. The van der Waals surface area contributed by atoms with Crippen LogP contribution in [0, 0.1) is 58.8 Å². The zero-order valence-corrected chi connectivity index (χ0v) is 24.2. The van der Waals surface area contributed by atoms with Crippen LogP contribution in [0.15, 0.2) is 24.3 Å². The molecule has 2 aromatic rings. The largest absolute Gasteiger partial charge is 0.420 e. The predicted molar refractivity (Wildman–Crippen MR) is 147 cm³/mol. The number of aryl methyl sites for hydroxylation is 6. The SMILES string of the molecule is CC(C)C(O)C(C)C(O)C(C)(C)C.Cc1cc(C)c(OC(=O)C(=O)c2c(C)cc(C)cc2C)c(C)c1. The molecule has 0 saturated carbocycles. The van der Waals surface area contributed by atoms with Gasteiger partial charge >= 0.3 is 5.97 Å². The van der Waals surface area contributed by atoms with Gasteiger partial charge in [-0.1, -0.05) is 76.9 Å². The molecule has 2 aromatic carbocycles. The van der Waals surface area contributed by atoms with E-state index in [1.54, 1.807) is 0 Å². The third-order valence-corrected chi connectivity index (χ3v) is 6.50. The topological polar surface area (TPSA) is 83.8 Å². The smallest absolute Gasteiger partial charge is 0.385 e. The lowest BCUT2D eigenvalue weighted by Gasteiger charge is -2.34. The predicted octanol–water partition coefficient (Wildman–Crippen LogP) is 6.37. The second kappa shape index (κ2) is 12.6. The van der Waals surface area contributed by atoms with Gasteiger partial charge in [0, 0.05) is 11.5 Å². The molecule has 3 unspecified atom stereocenters. The van der Waals surface area contributed by atoms with Gasteiger partial charge < -0.3 is 14.9 Å².